The zero-order valence-electron chi connectivity index (χ0n) is 8.91. The Hall–Kier alpha value is -1.29. The van der Waals surface area contributed by atoms with Crippen LogP contribution in [0.1, 0.15) is 22.7 Å². The predicted molar refractivity (Wildman–Crippen MR) is 64.1 cm³/mol. The third-order valence-electron chi connectivity index (χ3n) is 2.57. The standard InChI is InChI=1S/C12H13ClN2O/c1-8-2-3-9(6-11(8)13)12(15-14)10-4-5-16-7-10/h2-7,12,15H,14H2,1H3. The summed E-state index contributed by atoms with van der Waals surface area (Å²) in [5.41, 5.74) is 5.79. The van der Waals surface area contributed by atoms with Gasteiger partial charge in [0.1, 0.15) is 0 Å². The molecule has 0 aliphatic heterocycles. The Labute approximate surface area is 99.2 Å². The molecule has 16 heavy (non-hydrogen) atoms. The second-order valence-electron chi connectivity index (χ2n) is 3.66. The first-order valence-electron chi connectivity index (χ1n) is 4.96. The van der Waals surface area contributed by atoms with Gasteiger partial charge in [-0.2, -0.15) is 0 Å². The van der Waals surface area contributed by atoms with Crippen molar-refractivity contribution >= 4 is 11.6 Å². The number of hydrogen-bond acceptors (Lipinski definition) is 3. The van der Waals surface area contributed by atoms with Gasteiger partial charge < -0.3 is 4.42 Å². The van der Waals surface area contributed by atoms with Crippen LogP contribution in [0.15, 0.2) is 41.2 Å². The van der Waals surface area contributed by atoms with Crippen LogP contribution in [-0.4, -0.2) is 0 Å². The molecule has 0 amide bonds. The van der Waals surface area contributed by atoms with E-state index in [1.54, 1.807) is 12.5 Å². The number of nitrogens with one attached hydrogen (secondary N) is 1. The van der Waals surface area contributed by atoms with Gasteiger partial charge >= 0.3 is 0 Å². The number of furan rings is 1. The lowest BCUT2D eigenvalue weighted by molar-refractivity contribution is 0.553. The van der Waals surface area contributed by atoms with Crippen LogP contribution in [0.3, 0.4) is 0 Å². The van der Waals surface area contributed by atoms with Crippen LogP contribution in [0, 0.1) is 6.92 Å². The highest BCUT2D eigenvalue weighted by Crippen LogP contribution is 2.25. The number of benzene rings is 1. The highest BCUT2D eigenvalue weighted by Gasteiger charge is 2.14. The summed E-state index contributed by atoms with van der Waals surface area (Å²) >= 11 is 6.08. The minimum absolute atomic E-state index is 0.100. The maximum atomic E-state index is 6.08. The van der Waals surface area contributed by atoms with E-state index < -0.39 is 0 Å². The fourth-order valence-electron chi connectivity index (χ4n) is 1.61. The molecular formula is C12H13ClN2O. The van der Waals surface area contributed by atoms with Gasteiger partial charge in [0.2, 0.25) is 0 Å². The Morgan fingerprint density at radius 1 is 1.31 bits per heavy atom. The van der Waals surface area contributed by atoms with Crippen molar-refractivity contribution in [3.05, 3.63) is 58.5 Å². The molecule has 84 valence electrons. The van der Waals surface area contributed by atoms with Gasteiger partial charge in [-0.3, -0.25) is 5.84 Å². The van der Waals surface area contributed by atoms with Gasteiger partial charge in [-0.15, -0.1) is 0 Å². The molecule has 1 unspecified atom stereocenters. The Balaban J connectivity index is 2.37. The second kappa shape index (κ2) is 4.70. The van der Waals surface area contributed by atoms with Crippen molar-refractivity contribution in [1.29, 1.82) is 0 Å². The Bertz CT molecular complexity index is 468. The van der Waals surface area contributed by atoms with Crippen molar-refractivity contribution < 1.29 is 4.42 Å². The average Bonchev–Trinajstić information content (AvgIpc) is 2.78. The monoisotopic (exact) mass is 236 g/mol. The summed E-state index contributed by atoms with van der Waals surface area (Å²) in [6.45, 7) is 1.97. The molecule has 1 aromatic carbocycles. The van der Waals surface area contributed by atoms with E-state index in [1.807, 2.05) is 31.2 Å². The van der Waals surface area contributed by atoms with Crippen molar-refractivity contribution in [1.82, 2.24) is 5.43 Å². The van der Waals surface area contributed by atoms with Crippen molar-refractivity contribution in [2.24, 2.45) is 5.84 Å². The highest BCUT2D eigenvalue weighted by molar-refractivity contribution is 6.31. The molecule has 0 saturated carbocycles. The van der Waals surface area contributed by atoms with E-state index in [-0.39, 0.29) is 6.04 Å². The maximum absolute atomic E-state index is 6.08. The summed E-state index contributed by atoms with van der Waals surface area (Å²) in [7, 11) is 0. The summed E-state index contributed by atoms with van der Waals surface area (Å²) < 4.78 is 5.04. The summed E-state index contributed by atoms with van der Waals surface area (Å²) in [6, 6.07) is 7.66. The zero-order valence-corrected chi connectivity index (χ0v) is 9.66. The number of aryl methyl sites for hydroxylation is 1. The minimum atomic E-state index is -0.100. The van der Waals surface area contributed by atoms with Gasteiger partial charge in [-0.05, 0) is 30.2 Å². The molecule has 0 fully saturated rings. The third-order valence-corrected chi connectivity index (χ3v) is 2.98. The molecule has 4 heteroatoms. The number of nitrogens with two attached hydrogens (primary N) is 1. The smallest absolute Gasteiger partial charge is 0.0954 e. The Kier molecular flexibility index (Phi) is 3.29. The van der Waals surface area contributed by atoms with Crippen molar-refractivity contribution in [2.45, 2.75) is 13.0 Å². The van der Waals surface area contributed by atoms with Crippen LogP contribution in [0.25, 0.3) is 0 Å². The van der Waals surface area contributed by atoms with Crippen LogP contribution < -0.4 is 11.3 Å². The molecule has 0 saturated heterocycles. The average molecular weight is 237 g/mol. The topological polar surface area (TPSA) is 51.2 Å². The van der Waals surface area contributed by atoms with Gasteiger partial charge in [0, 0.05) is 10.6 Å². The first-order chi connectivity index (χ1) is 7.72. The minimum Gasteiger partial charge on any atom is -0.472 e. The maximum Gasteiger partial charge on any atom is 0.0954 e. The number of hydrogen-bond donors (Lipinski definition) is 2. The van der Waals surface area contributed by atoms with E-state index in [9.17, 15) is 0 Å². The second-order valence-corrected chi connectivity index (χ2v) is 4.07. The lowest BCUT2D eigenvalue weighted by Crippen LogP contribution is -2.28. The predicted octanol–water partition coefficient (Wildman–Crippen LogP) is 2.79. The van der Waals surface area contributed by atoms with Crippen LogP contribution >= 0.6 is 11.6 Å². The van der Waals surface area contributed by atoms with E-state index in [0.717, 1.165) is 21.7 Å². The lowest BCUT2D eigenvalue weighted by atomic mass is 10.0. The summed E-state index contributed by atoms with van der Waals surface area (Å²) in [5, 5.41) is 0.737. The molecule has 1 heterocycles. The first kappa shape index (κ1) is 11.2. The van der Waals surface area contributed by atoms with Crippen molar-refractivity contribution in [2.75, 3.05) is 0 Å². The van der Waals surface area contributed by atoms with E-state index in [4.69, 9.17) is 21.9 Å². The van der Waals surface area contributed by atoms with Crippen LogP contribution in [0.2, 0.25) is 5.02 Å². The Morgan fingerprint density at radius 2 is 2.12 bits per heavy atom. The number of rotatable bonds is 3. The molecule has 0 spiro atoms. The molecule has 0 bridgehead atoms. The molecule has 2 rings (SSSR count). The molecule has 1 atom stereocenters. The molecule has 3 nitrogen and oxygen atoms in total. The Morgan fingerprint density at radius 3 is 2.69 bits per heavy atom. The molecule has 1 aromatic heterocycles. The zero-order chi connectivity index (χ0) is 11.5. The SMILES string of the molecule is Cc1ccc(C(NN)c2ccoc2)cc1Cl. The molecule has 0 radical (unpaired) electrons. The highest BCUT2D eigenvalue weighted by atomic mass is 35.5. The van der Waals surface area contributed by atoms with Crippen LogP contribution in [0.4, 0.5) is 0 Å². The normalized spacial score (nSPS) is 12.7. The number of halogens is 1. The van der Waals surface area contributed by atoms with E-state index in [2.05, 4.69) is 5.43 Å². The molecule has 0 aliphatic rings. The van der Waals surface area contributed by atoms with Crippen molar-refractivity contribution in [3.8, 4) is 0 Å². The van der Waals surface area contributed by atoms with Crippen LogP contribution in [-0.2, 0) is 0 Å². The van der Waals surface area contributed by atoms with Crippen molar-refractivity contribution in [3.63, 3.8) is 0 Å². The fraction of sp³-hybridized carbons (Fsp3) is 0.167. The quantitative estimate of drug-likeness (QED) is 0.637. The lowest BCUT2D eigenvalue weighted by Gasteiger charge is -2.15. The van der Waals surface area contributed by atoms with Gasteiger partial charge in [0.25, 0.3) is 0 Å². The molecule has 3 N–H and O–H groups in total. The van der Waals surface area contributed by atoms with E-state index in [0.29, 0.717) is 0 Å². The summed E-state index contributed by atoms with van der Waals surface area (Å²) in [4.78, 5) is 0. The van der Waals surface area contributed by atoms with Gasteiger partial charge in [0.05, 0.1) is 18.6 Å². The molecular weight excluding hydrogens is 224 g/mol. The third kappa shape index (κ3) is 2.11. The van der Waals surface area contributed by atoms with Gasteiger partial charge in [0.15, 0.2) is 0 Å². The van der Waals surface area contributed by atoms with Crippen LogP contribution in [0.5, 0.6) is 0 Å². The van der Waals surface area contributed by atoms with E-state index >= 15 is 0 Å². The van der Waals surface area contributed by atoms with E-state index in [1.165, 1.54) is 0 Å². The fourth-order valence-corrected chi connectivity index (χ4v) is 1.80. The largest absolute Gasteiger partial charge is 0.472 e. The van der Waals surface area contributed by atoms with Gasteiger partial charge in [-0.1, -0.05) is 23.7 Å². The summed E-state index contributed by atoms with van der Waals surface area (Å²) in [5.74, 6) is 5.55. The summed E-state index contributed by atoms with van der Waals surface area (Å²) in [6.07, 6.45) is 3.29. The first-order valence-corrected chi connectivity index (χ1v) is 5.34. The van der Waals surface area contributed by atoms with Gasteiger partial charge in [-0.25, -0.2) is 5.43 Å². The number of hydrazine groups is 1. The molecule has 2 aromatic rings. The molecule has 0 aliphatic carbocycles.